The molecule has 0 fully saturated rings. The Morgan fingerprint density at radius 2 is 1.96 bits per heavy atom. The summed E-state index contributed by atoms with van der Waals surface area (Å²) in [7, 11) is 0. The van der Waals surface area contributed by atoms with Crippen LogP contribution in [0.2, 0.25) is 0 Å². The molecule has 1 aromatic carbocycles. The molecule has 0 radical (unpaired) electrons. The Balaban J connectivity index is 1.83. The molecule has 0 unspecified atom stereocenters. The standard InChI is InChI=1S/C18H23N3O3/c1-11(2)16-8-14(21-24-16)10-19-17(22)9-18(23)20-15-7-5-6-12(3)13(15)4/h5-8,11H,9-10H2,1-4H3,(H,19,22)(H,20,23). The summed E-state index contributed by atoms with van der Waals surface area (Å²) in [6.45, 7) is 8.15. The molecule has 0 aliphatic carbocycles. The van der Waals surface area contributed by atoms with Gasteiger partial charge in [-0.1, -0.05) is 31.1 Å². The zero-order valence-corrected chi connectivity index (χ0v) is 14.5. The molecule has 2 aromatic rings. The Labute approximate surface area is 141 Å². The number of rotatable bonds is 6. The third-order valence-corrected chi connectivity index (χ3v) is 3.81. The van der Waals surface area contributed by atoms with E-state index >= 15 is 0 Å². The summed E-state index contributed by atoms with van der Waals surface area (Å²) in [5, 5.41) is 9.32. The molecule has 24 heavy (non-hydrogen) atoms. The number of nitrogens with one attached hydrogen (secondary N) is 2. The van der Waals surface area contributed by atoms with Gasteiger partial charge in [0.2, 0.25) is 11.8 Å². The zero-order valence-electron chi connectivity index (χ0n) is 14.5. The van der Waals surface area contributed by atoms with E-state index in [1.807, 2.05) is 45.9 Å². The number of amides is 2. The fourth-order valence-electron chi connectivity index (χ4n) is 2.16. The van der Waals surface area contributed by atoms with Gasteiger partial charge in [-0.25, -0.2) is 0 Å². The van der Waals surface area contributed by atoms with Gasteiger partial charge < -0.3 is 15.2 Å². The van der Waals surface area contributed by atoms with Gasteiger partial charge in [0.05, 0.1) is 6.54 Å². The number of hydrogen-bond acceptors (Lipinski definition) is 4. The second kappa shape index (κ2) is 7.77. The number of aryl methyl sites for hydroxylation is 1. The van der Waals surface area contributed by atoms with E-state index < -0.39 is 0 Å². The second-order valence-corrected chi connectivity index (χ2v) is 6.12. The highest BCUT2D eigenvalue weighted by molar-refractivity contribution is 6.03. The fourth-order valence-corrected chi connectivity index (χ4v) is 2.16. The summed E-state index contributed by atoms with van der Waals surface area (Å²) >= 11 is 0. The highest BCUT2D eigenvalue weighted by atomic mass is 16.5. The summed E-state index contributed by atoms with van der Waals surface area (Å²) < 4.78 is 5.16. The van der Waals surface area contributed by atoms with E-state index in [1.165, 1.54) is 0 Å². The first kappa shape index (κ1) is 17.7. The van der Waals surface area contributed by atoms with Crippen LogP contribution in [0.3, 0.4) is 0 Å². The van der Waals surface area contributed by atoms with Gasteiger partial charge in [-0.2, -0.15) is 0 Å². The summed E-state index contributed by atoms with van der Waals surface area (Å²) in [5.41, 5.74) is 3.45. The van der Waals surface area contributed by atoms with Gasteiger partial charge >= 0.3 is 0 Å². The molecule has 1 heterocycles. The van der Waals surface area contributed by atoms with Crippen LogP contribution in [0, 0.1) is 13.8 Å². The van der Waals surface area contributed by atoms with Crippen LogP contribution >= 0.6 is 0 Å². The number of carbonyl (C=O) groups is 2. The molecule has 0 aliphatic rings. The molecular formula is C18H23N3O3. The molecule has 0 atom stereocenters. The maximum absolute atomic E-state index is 12.0. The maximum Gasteiger partial charge on any atom is 0.233 e. The smallest absolute Gasteiger partial charge is 0.233 e. The third-order valence-electron chi connectivity index (χ3n) is 3.81. The number of carbonyl (C=O) groups excluding carboxylic acids is 2. The van der Waals surface area contributed by atoms with Crippen molar-refractivity contribution in [2.75, 3.05) is 5.32 Å². The van der Waals surface area contributed by atoms with Crippen LogP contribution < -0.4 is 10.6 Å². The van der Waals surface area contributed by atoms with Crippen molar-refractivity contribution < 1.29 is 14.1 Å². The molecule has 128 valence electrons. The van der Waals surface area contributed by atoms with Gasteiger partial charge in [0.15, 0.2) is 0 Å². The number of nitrogens with zero attached hydrogens (tertiary/aromatic N) is 1. The molecule has 2 N–H and O–H groups in total. The van der Waals surface area contributed by atoms with Gasteiger partial charge in [0.25, 0.3) is 0 Å². The molecule has 6 nitrogen and oxygen atoms in total. The van der Waals surface area contributed by atoms with E-state index in [9.17, 15) is 9.59 Å². The predicted molar refractivity (Wildman–Crippen MR) is 91.6 cm³/mol. The topological polar surface area (TPSA) is 84.2 Å². The highest BCUT2D eigenvalue weighted by Crippen LogP contribution is 2.18. The normalized spacial score (nSPS) is 10.7. The van der Waals surface area contributed by atoms with E-state index in [2.05, 4.69) is 15.8 Å². The van der Waals surface area contributed by atoms with Crippen LogP contribution in [-0.2, 0) is 16.1 Å². The van der Waals surface area contributed by atoms with Crippen LogP contribution in [0.1, 0.15) is 48.8 Å². The molecule has 6 heteroatoms. The van der Waals surface area contributed by atoms with Crippen LogP contribution in [-0.4, -0.2) is 17.0 Å². The predicted octanol–water partition coefficient (Wildman–Crippen LogP) is 3.06. The number of anilines is 1. The molecule has 0 saturated carbocycles. The van der Waals surface area contributed by atoms with Crippen molar-refractivity contribution in [1.29, 1.82) is 0 Å². The molecule has 0 aliphatic heterocycles. The summed E-state index contributed by atoms with van der Waals surface area (Å²) in [4.78, 5) is 23.9. The number of benzene rings is 1. The van der Waals surface area contributed by atoms with Crippen LogP contribution in [0.4, 0.5) is 5.69 Å². The quantitative estimate of drug-likeness (QED) is 0.798. The fraction of sp³-hybridized carbons (Fsp3) is 0.389. The van der Waals surface area contributed by atoms with Gasteiger partial charge in [-0.05, 0) is 31.0 Å². The van der Waals surface area contributed by atoms with Crippen LogP contribution in [0.5, 0.6) is 0 Å². The van der Waals surface area contributed by atoms with E-state index in [0.717, 1.165) is 22.6 Å². The van der Waals surface area contributed by atoms with Crippen LogP contribution in [0.25, 0.3) is 0 Å². The Morgan fingerprint density at radius 1 is 1.21 bits per heavy atom. The van der Waals surface area contributed by atoms with E-state index in [0.29, 0.717) is 5.69 Å². The Bertz CT molecular complexity index is 735. The lowest BCUT2D eigenvalue weighted by atomic mass is 10.1. The molecule has 0 bridgehead atoms. The Morgan fingerprint density at radius 3 is 2.62 bits per heavy atom. The largest absolute Gasteiger partial charge is 0.361 e. The Hall–Kier alpha value is -2.63. The monoisotopic (exact) mass is 329 g/mol. The van der Waals surface area contributed by atoms with E-state index in [4.69, 9.17) is 4.52 Å². The van der Waals surface area contributed by atoms with Gasteiger partial charge in [0, 0.05) is 17.7 Å². The van der Waals surface area contributed by atoms with Crippen molar-refractivity contribution in [2.45, 2.75) is 46.6 Å². The average molecular weight is 329 g/mol. The highest BCUT2D eigenvalue weighted by Gasteiger charge is 2.13. The SMILES string of the molecule is Cc1cccc(NC(=O)CC(=O)NCc2cc(C(C)C)on2)c1C. The number of hydrogen-bond donors (Lipinski definition) is 2. The average Bonchev–Trinajstić information content (AvgIpc) is 2.99. The van der Waals surface area contributed by atoms with Crippen molar-refractivity contribution >= 4 is 17.5 Å². The van der Waals surface area contributed by atoms with Gasteiger partial charge in [0.1, 0.15) is 17.9 Å². The Kier molecular flexibility index (Phi) is 5.73. The van der Waals surface area contributed by atoms with Crippen molar-refractivity contribution in [3.63, 3.8) is 0 Å². The summed E-state index contributed by atoms with van der Waals surface area (Å²) in [5.74, 6) is 0.313. The molecular weight excluding hydrogens is 306 g/mol. The van der Waals surface area contributed by atoms with E-state index in [-0.39, 0.29) is 30.7 Å². The first-order valence-electron chi connectivity index (χ1n) is 7.95. The summed E-state index contributed by atoms with van der Waals surface area (Å²) in [6, 6.07) is 7.47. The lowest BCUT2D eigenvalue weighted by Crippen LogP contribution is -2.28. The lowest BCUT2D eigenvalue weighted by molar-refractivity contribution is -0.126. The minimum atomic E-state index is -0.355. The molecule has 1 aromatic heterocycles. The van der Waals surface area contributed by atoms with E-state index in [1.54, 1.807) is 6.07 Å². The van der Waals surface area contributed by atoms with Crippen molar-refractivity contribution in [1.82, 2.24) is 10.5 Å². The number of aromatic nitrogens is 1. The van der Waals surface area contributed by atoms with Gasteiger partial charge in [-0.15, -0.1) is 0 Å². The van der Waals surface area contributed by atoms with Crippen molar-refractivity contribution in [2.24, 2.45) is 0 Å². The second-order valence-electron chi connectivity index (χ2n) is 6.12. The molecule has 2 amide bonds. The zero-order chi connectivity index (χ0) is 17.7. The first-order valence-corrected chi connectivity index (χ1v) is 7.95. The third kappa shape index (κ3) is 4.68. The molecule has 0 spiro atoms. The van der Waals surface area contributed by atoms with Gasteiger partial charge in [-0.3, -0.25) is 9.59 Å². The lowest BCUT2D eigenvalue weighted by Gasteiger charge is -2.10. The van der Waals surface area contributed by atoms with Crippen molar-refractivity contribution in [3.8, 4) is 0 Å². The minimum Gasteiger partial charge on any atom is -0.361 e. The summed E-state index contributed by atoms with van der Waals surface area (Å²) in [6.07, 6.45) is -0.234. The van der Waals surface area contributed by atoms with Crippen LogP contribution in [0.15, 0.2) is 28.8 Å². The molecule has 2 rings (SSSR count). The van der Waals surface area contributed by atoms with Crippen molar-refractivity contribution in [3.05, 3.63) is 46.8 Å². The molecule has 0 saturated heterocycles. The minimum absolute atomic E-state index is 0.234. The first-order chi connectivity index (χ1) is 11.4. The maximum atomic E-state index is 12.0.